The SMILES string of the molecule is COC(=O)c1ccc(NCC(=O)Nc2cccc(OCC3CCCO3)c2)cc1. The summed E-state index contributed by atoms with van der Waals surface area (Å²) in [4.78, 5) is 23.6. The van der Waals surface area contributed by atoms with Gasteiger partial charge in [0.1, 0.15) is 12.4 Å². The van der Waals surface area contributed by atoms with Gasteiger partial charge in [-0.15, -0.1) is 0 Å². The third-order valence-electron chi connectivity index (χ3n) is 4.34. The number of nitrogens with one attached hydrogen (secondary N) is 2. The highest BCUT2D eigenvalue weighted by atomic mass is 16.5. The molecule has 1 saturated heterocycles. The Morgan fingerprint density at radius 2 is 1.96 bits per heavy atom. The van der Waals surface area contributed by atoms with Gasteiger partial charge < -0.3 is 24.8 Å². The minimum Gasteiger partial charge on any atom is -0.491 e. The number of esters is 1. The molecule has 148 valence electrons. The van der Waals surface area contributed by atoms with E-state index in [0.717, 1.165) is 25.1 Å². The maximum atomic E-state index is 12.2. The van der Waals surface area contributed by atoms with Crippen LogP contribution in [-0.2, 0) is 14.3 Å². The van der Waals surface area contributed by atoms with E-state index in [0.29, 0.717) is 23.6 Å². The molecule has 1 unspecified atom stereocenters. The number of hydrogen-bond acceptors (Lipinski definition) is 6. The molecule has 1 atom stereocenters. The van der Waals surface area contributed by atoms with Crippen LogP contribution in [0.1, 0.15) is 23.2 Å². The van der Waals surface area contributed by atoms with Crippen LogP contribution in [0.5, 0.6) is 5.75 Å². The highest BCUT2D eigenvalue weighted by molar-refractivity contribution is 5.94. The molecular formula is C21H24N2O5. The van der Waals surface area contributed by atoms with Crippen molar-refractivity contribution in [2.75, 3.05) is 37.5 Å². The van der Waals surface area contributed by atoms with Crippen LogP contribution in [0.3, 0.4) is 0 Å². The first kappa shape index (κ1) is 19.7. The molecule has 7 heteroatoms. The Balaban J connectivity index is 1.46. The Bertz CT molecular complexity index is 801. The van der Waals surface area contributed by atoms with Gasteiger partial charge in [-0.1, -0.05) is 6.07 Å². The molecule has 0 radical (unpaired) electrons. The Morgan fingerprint density at radius 1 is 1.14 bits per heavy atom. The second-order valence-electron chi connectivity index (χ2n) is 6.44. The van der Waals surface area contributed by atoms with Crippen LogP contribution in [0.2, 0.25) is 0 Å². The number of rotatable bonds is 8. The molecule has 0 spiro atoms. The number of amides is 1. The van der Waals surface area contributed by atoms with Crippen molar-refractivity contribution in [1.82, 2.24) is 0 Å². The van der Waals surface area contributed by atoms with Crippen molar-refractivity contribution in [2.24, 2.45) is 0 Å². The fraction of sp³-hybridized carbons (Fsp3) is 0.333. The second kappa shape index (κ2) is 9.75. The number of hydrogen-bond donors (Lipinski definition) is 2. The number of anilines is 2. The summed E-state index contributed by atoms with van der Waals surface area (Å²) in [7, 11) is 1.33. The molecule has 28 heavy (non-hydrogen) atoms. The maximum absolute atomic E-state index is 12.2. The van der Waals surface area contributed by atoms with Gasteiger partial charge in [0.15, 0.2) is 0 Å². The molecule has 7 nitrogen and oxygen atoms in total. The van der Waals surface area contributed by atoms with Crippen molar-refractivity contribution in [3.63, 3.8) is 0 Å². The summed E-state index contributed by atoms with van der Waals surface area (Å²) in [5, 5.41) is 5.85. The van der Waals surface area contributed by atoms with Gasteiger partial charge in [0.25, 0.3) is 0 Å². The van der Waals surface area contributed by atoms with E-state index < -0.39 is 5.97 Å². The van der Waals surface area contributed by atoms with Crippen molar-refractivity contribution < 1.29 is 23.8 Å². The minimum absolute atomic E-state index is 0.0958. The number of carbonyl (C=O) groups is 2. The van der Waals surface area contributed by atoms with Gasteiger partial charge in [-0.25, -0.2) is 4.79 Å². The van der Waals surface area contributed by atoms with Crippen molar-refractivity contribution in [3.8, 4) is 5.75 Å². The fourth-order valence-electron chi connectivity index (χ4n) is 2.86. The summed E-state index contributed by atoms with van der Waals surface area (Å²) in [6.45, 7) is 1.40. The number of carbonyl (C=O) groups excluding carboxylic acids is 2. The lowest BCUT2D eigenvalue weighted by Gasteiger charge is -2.13. The van der Waals surface area contributed by atoms with Crippen LogP contribution in [0.15, 0.2) is 48.5 Å². The number of methoxy groups -OCH3 is 1. The molecule has 0 saturated carbocycles. The lowest BCUT2D eigenvalue weighted by atomic mass is 10.2. The third-order valence-corrected chi connectivity index (χ3v) is 4.34. The van der Waals surface area contributed by atoms with Crippen LogP contribution < -0.4 is 15.4 Å². The largest absolute Gasteiger partial charge is 0.491 e. The summed E-state index contributed by atoms with van der Waals surface area (Å²) in [5.74, 6) is 0.110. The van der Waals surface area contributed by atoms with E-state index in [9.17, 15) is 9.59 Å². The van der Waals surface area contributed by atoms with E-state index in [2.05, 4.69) is 15.4 Å². The first-order valence-electron chi connectivity index (χ1n) is 9.20. The summed E-state index contributed by atoms with van der Waals surface area (Å²) < 4.78 is 15.9. The average Bonchev–Trinajstić information content (AvgIpc) is 3.24. The van der Waals surface area contributed by atoms with Crippen LogP contribution in [0.25, 0.3) is 0 Å². The first-order valence-corrected chi connectivity index (χ1v) is 9.20. The van der Waals surface area contributed by atoms with Gasteiger partial charge in [0, 0.05) is 24.0 Å². The van der Waals surface area contributed by atoms with Gasteiger partial charge >= 0.3 is 5.97 Å². The Morgan fingerprint density at radius 3 is 2.68 bits per heavy atom. The summed E-state index contributed by atoms with van der Waals surface area (Å²) in [5.41, 5.74) is 1.85. The fourth-order valence-corrected chi connectivity index (χ4v) is 2.86. The Kier molecular flexibility index (Phi) is 6.86. The van der Waals surface area contributed by atoms with Crippen LogP contribution >= 0.6 is 0 Å². The quantitative estimate of drug-likeness (QED) is 0.681. The topological polar surface area (TPSA) is 85.9 Å². The van der Waals surface area contributed by atoms with Crippen LogP contribution in [0.4, 0.5) is 11.4 Å². The monoisotopic (exact) mass is 384 g/mol. The molecule has 1 aliphatic rings. The molecule has 3 rings (SSSR count). The maximum Gasteiger partial charge on any atom is 0.337 e. The first-order chi connectivity index (χ1) is 13.6. The highest BCUT2D eigenvalue weighted by Crippen LogP contribution is 2.19. The molecular weight excluding hydrogens is 360 g/mol. The van der Waals surface area contributed by atoms with E-state index in [1.807, 2.05) is 18.2 Å². The Labute approximate surface area is 164 Å². The lowest BCUT2D eigenvalue weighted by Crippen LogP contribution is -2.22. The zero-order valence-electron chi connectivity index (χ0n) is 15.8. The third kappa shape index (κ3) is 5.72. The number of benzene rings is 2. The molecule has 1 fully saturated rings. The van der Waals surface area contributed by atoms with Crippen molar-refractivity contribution in [2.45, 2.75) is 18.9 Å². The van der Waals surface area contributed by atoms with Crippen LogP contribution in [0, 0.1) is 0 Å². The average molecular weight is 384 g/mol. The van der Waals surface area contributed by atoms with Crippen molar-refractivity contribution in [1.29, 1.82) is 0 Å². The summed E-state index contributed by atoms with van der Waals surface area (Å²) in [6.07, 6.45) is 2.23. The molecule has 0 aliphatic carbocycles. The predicted octanol–water partition coefficient (Wildman–Crippen LogP) is 3.08. The van der Waals surface area contributed by atoms with Gasteiger partial charge in [0.05, 0.1) is 25.3 Å². The van der Waals surface area contributed by atoms with Crippen molar-refractivity contribution in [3.05, 3.63) is 54.1 Å². The molecule has 1 amide bonds. The van der Waals surface area contributed by atoms with E-state index >= 15 is 0 Å². The highest BCUT2D eigenvalue weighted by Gasteiger charge is 2.16. The van der Waals surface area contributed by atoms with Crippen molar-refractivity contribution >= 4 is 23.3 Å². The summed E-state index contributed by atoms with van der Waals surface area (Å²) in [6, 6.07) is 14.0. The Hall–Kier alpha value is -3.06. The molecule has 0 aromatic heterocycles. The van der Waals surface area contributed by atoms with Gasteiger partial charge in [-0.3, -0.25) is 4.79 Å². The molecule has 2 aromatic rings. The predicted molar refractivity (Wildman–Crippen MR) is 106 cm³/mol. The van der Waals surface area contributed by atoms with Gasteiger partial charge in [-0.05, 0) is 49.2 Å². The molecule has 0 bridgehead atoms. The molecule has 1 heterocycles. The standard InChI is InChI=1S/C21H24N2O5/c1-26-21(25)15-7-9-16(10-8-15)22-13-20(24)23-17-4-2-5-18(12-17)28-14-19-6-3-11-27-19/h2,4-5,7-10,12,19,22H,3,6,11,13-14H2,1H3,(H,23,24). The van der Waals surface area contributed by atoms with Gasteiger partial charge in [-0.2, -0.15) is 0 Å². The lowest BCUT2D eigenvalue weighted by molar-refractivity contribution is -0.114. The van der Waals surface area contributed by atoms with Gasteiger partial charge in [0.2, 0.25) is 5.91 Å². The second-order valence-corrected chi connectivity index (χ2v) is 6.44. The van der Waals surface area contributed by atoms with E-state index in [-0.39, 0.29) is 18.6 Å². The zero-order valence-corrected chi connectivity index (χ0v) is 15.8. The minimum atomic E-state index is -0.397. The molecule has 2 N–H and O–H groups in total. The van der Waals surface area contributed by atoms with E-state index in [4.69, 9.17) is 9.47 Å². The zero-order chi connectivity index (χ0) is 19.8. The smallest absolute Gasteiger partial charge is 0.337 e. The summed E-state index contributed by atoms with van der Waals surface area (Å²) >= 11 is 0. The molecule has 2 aromatic carbocycles. The molecule has 1 aliphatic heterocycles. The van der Waals surface area contributed by atoms with E-state index in [1.54, 1.807) is 30.3 Å². The number of ether oxygens (including phenoxy) is 3. The normalized spacial score (nSPS) is 15.7. The van der Waals surface area contributed by atoms with Crippen LogP contribution in [-0.4, -0.2) is 44.8 Å². The van der Waals surface area contributed by atoms with E-state index in [1.165, 1.54) is 7.11 Å².